The third-order valence-corrected chi connectivity index (χ3v) is 3.18. The van der Waals surface area contributed by atoms with E-state index in [0.29, 0.717) is 9.92 Å². The third kappa shape index (κ3) is 3.20. The number of anilines is 1. The van der Waals surface area contributed by atoms with Crippen molar-refractivity contribution >= 4 is 17.6 Å². The first-order valence-electron chi connectivity index (χ1n) is 5.53. The summed E-state index contributed by atoms with van der Waals surface area (Å²) in [5.41, 5.74) is 0. The molecule has 0 radical (unpaired) electrons. The van der Waals surface area contributed by atoms with Crippen molar-refractivity contribution in [3.05, 3.63) is 48.0 Å². The zero-order valence-corrected chi connectivity index (χ0v) is 10.6. The second-order valence-electron chi connectivity index (χ2n) is 3.57. The fraction of sp³-hybridized carbons (Fsp3) is 0.154. The van der Waals surface area contributed by atoms with Crippen molar-refractivity contribution in [3.8, 4) is 0 Å². The quantitative estimate of drug-likeness (QED) is 0.907. The summed E-state index contributed by atoms with van der Waals surface area (Å²) in [5.74, 6) is -0.410. The summed E-state index contributed by atoms with van der Waals surface area (Å²) >= 11 is 1.17. The fourth-order valence-electron chi connectivity index (χ4n) is 1.42. The van der Waals surface area contributed by atoms with E-state index >= 15 is 0 Å². The summed E-state index contributed by atoms with van der Waals surface area (Å²) < 4.78 is 26.3. The molecule has 0 atom stereocenters. The molecule has 0 amide bonds. The van der Waals surface area contributed by atoms with Crippen LogP contribution in [0.2, 0.25) is 0 Å². The lowest BCUT2D eigenvalue weighted by Gasteiger charge is -2.05. The van der Waals surface area contributed by atoms with E-state index in [1.807, 2.05) is 19.1 Å². The lowest BCUT2D eigenvalue weighted by atomic mass is 10.3. The predicted molar refractivity (Wildman–Crippen MR) is 68.9 cm³/mol. The van der Waals surface area contributed by atoms with Crippen molar-refractivity contribution < 1.29 is 8.78 Å². The number of rotatable bonds is 4. The average Bonchev–Trinajstić information content (AvgIpc) is 2.34. The van der Waals surface area contributed by atoms with Gasteiger partial charge >= 0.3 is 0 Å². The first kappa shape index (κ1) is 12.8. The second kappa shape index (κ2) is 5.82. The summed E-state index contributed by atoms with van der Waals surface area (Å²) in [5, 5.41) is 3.74. The van der Waals surface area contributed by atoms with Gasteiger partial charge < -0.3 is 5.32 Å². The van der Waals surface area contributed by atoms with E-state index in [2.05, 4.69) is 10.3 Å². The minimum atomic E-state index is -0.578. The zero-order chi connectivity index (χ0) is 13.0. The standard InChI is InChI=1S/C13H12F2N2S/c1-2-16-12-4-3-5-13(17-12)18-11-7-6-9(14)8-10(11)15/h3-8H,2H2,1H3,(H,16,17). The predicted octanol–water partition coefficient (Wildman–Crippen LogP) is 3.94. The van der Waals surface area contributed by atoms with Crippen molar-refractivity contribution in [2.75, 3.05) is 11.9 Å². The third-order valence-electron chi connectivity index (χ3n) is 2.19. The highest BCUT2D eigenvalue weighted by molar-refractivity contribution is 7.99. The molecule has 1 aromatic heterocycles. The number of hydrogen-bond acceptors (Lipinski definition) is 3. The molecule has 1 heterocycles. The van der Waals surface area contributed by atoms with Crippen LogP contribution in [0.15, 0.2) is 46.3 Å². The first-order chi connectivity index (χ1) is 8.69. The summed E-state index contributed by atoms with van der Waals surface area (Å²) in [4.78, 5) is 4.67. The number of halogens is 2. The normalized spacial score (nSPS) is 10.4. The summed E-state index contributed by atoms with van der Waals surface area (Å²) in [7, 11) is 0. The Morgan fingerprint density at radius 3 is 2.78 bits per heavy atom. The summed E-state index contributed by atoms with van der Waals surface area (Å²) in [6.45, 7) is 2.74. The minimum Gasteiger partial charge on any atom is -0.370 e. The van der Waals surface area contributed by atoms with E-state index in [-0.39, 0.29) is 0 Å². The van der Waals surface area contributed by atoms with Crippen LogP contribution in [0.1, 0.15) is 6.92 Å². The van der Waals surface area contributed by atoms with Crippen molar-refractivity contribution in [2.45, 2.75) is 16.8 Å². The molecule has 1 aromatic carbocycles. The van der Waals surface area contributed by atoms with E-state index < -0.39 is 11.6 Å². The largest absolute Gasteiger partial charge is 0.370 e. The molecule has 94 valence electrons. The molecule has 1 N–H and O–H groups in total. The number of nitrogens with one attached hydrogen (secondary N) is 1. The Kier molecular flexibility index (Phi) is 4.15. The van der Waals surface area contributed by atoms with Crippen LogP contribution in [0.3, 0.4) is 0 Å². The molecule has 0 saturated heterocycles. The van der Waals surface area contributed by atoms with Gasteiger partial charge in [-0.1, -0.05) is 17.8 Å². The van der Waals surface area contributed by atoms with E-state index in [4.69, 9.17) is 0 Å². The van der Waals surface area contributed by atoms with Gasteiger partial charge in [-0.2, -0.15) is 0 Å². The Balaban J connectivity index is 2.20. The molecule has 2 rings (SSSR count). The molecule has 0 fully saturated rings. The molecule has 2 aromatic rings. The Bertz CT molecular complexity index is 546. The maximum absolute atomic E-state index is 13.5. The van der Waals surface area contributed by atoms with Crippen LogP contribution >= 0.6 is 11.8 Å². The van der Waals surface area contributed by atoms with Gasteiger partial charge in [0.1, 0.15) is 22.5 Å². The zero-order valence-electron chi connectivity index (χ0n) is 9.78. The summed E-state index contributed by atoms with van der Waals surface area (Å²) in [6, 6.07) is 8.99. The highest BCUT2D eigenvalue weighted by Crippen LogP contribution is 2.29. The van der Waals surface area contributed by atoms with Gasteiger partial charge in [-0.3, -0.25) is 0 Å². The van der Waals surface area contributed by atoms with Crippen LogP contribution in [0.4, 0.5) is 14.6 Å². The Morgan fingerprint density at radius 2 is 2.06 bits per heavy atom. The molecular weight excluding hydrogens is 254 g/mol. The number of aromatic nitrogens is 1. The highest BCUT2D eigenvalue weighted by Gasteiger charge is 2.07. The summed E-state index contributed by atoms with van der Waals surface area (Å²) in [6.07, 6.45) is 0. The topological polar surface area (TPSA) is 24.9 Å². The molecule has 0 spiro atoms. The molecule has 18 heavy (non-hydrogen) atoms. The molecule has 5 heteroatoms. The lowest BCUT2D eigenvalue weighted by Crippen LogP contribution is -1.99. The maximum Gasteiger partial charge on any atom is 0.140 e. The van der Waals surface area contributed by atoms with E-state index in [0.717, 1.165) is 18.4 Å². The number of hydrogen-bond donors (Lipinski definition) is 1. The average molecular weight is 266 g/mol. The van der Waals surface area contributed by atoms with Crippen molar-refractivity contribution in [1.82, 2.24) is 4.98 Å². The van der Waals surface area contributed by atoms with Crippen molar-refractivity contribution in [1.29, 1.82) is 0 Å². The lowest BCUT2D eigenvalue weighted by molar-refractivity contribution is 0.565. The van der Waals surface area contributed by atoms with Gasteiger partial charge in [-0.05, 0) is 31.2 Å². The molecule has 0 saturated carbocycles. The molecule has 0 aliphatic heterocycles. The Hall–Kier alpha value is -1.62. The van der Waals surface area contributed by atoms with Gasteiger partial charge in [0.2, 0.25) is 0 Å². The molecular formula is C13H12F2N2S. The van der Waals surface area contributed by atoms with Gasteiger partial charge in [-0.15, -0.1) is 0 Å². The van der Waals surface area contributed by atoms with Crippen LogP contribution in [-0.2, 0) is 0 Å². The Labute approximate surface area is 108 Å². The molecule has 0 unspecified atom stereocenters. The van der Waals surface area contributed by atoms with Crippen LogP contribution < -0.4 is 5.32 Å². The van der Waals surface area contributed by atoms with Crippen molar-refractivity contribution in [3.63, 3.8) is 0 Å². The van der Waals surface area contributed by atoms with E-state index in [1.165, 1.54) is 23.9 Å². The number of pyridine rings is 1. The smallest absolute Gasteiger partial charge is 0.140 e. The van der Waals surface area contributed by atoms with Crippen molar-refractivity contribution in [2.24, 2.45) is 0 Å². The van der Waals surface area contributed by atoms with Gasteiger partial charge in [0.15, 0.2) is 0 Å². The molecule has 0 bridgehead atoms. The van der Waals surface area contributed by atoms with Crippen LogP contribution in [0.25, 0.3) is 0 Å². The second-order valence-corrected chi connectivity index (χ2v) is 4.63. The number of nitrogens with zero attached hydrogens (tertiary/aromatic N) is 1. The maximum atomic E-state index is 13.5. The van der Waals surface area contributed by atoms with Gasteiger partial charge in [-0.25, -0.2) is 13.8 Å². The van der Waals surface area contributed by atoms with E-state index in [1.54, 1.807) is 6.07 Å². The van der Waals surface area contributed by atoms with Crippen LogP contribution in [0.5, 0.6) is 0 Å². The first-order valence-corrected chi connectivity index (χ1v) is 6.34. The van der Waals surface area contributed by atoms with Crippen LogP contribution in [-0.4, -0.2) is 11.5 Å². The minimum absolute atomic E-state index is 0.359. The molecule has 0 aliphatic carbocycles. The van der Waals surface area contributed by atoms with Gasteiger partial charge in [0.05, 0.1) is 0 Å². The van der Waals surface area contributed by atoms with Gasteiger partial charge in [0, 0.05) is 17.5 Å². The number of benzene rings is 1. The SMILES string of the molecule is CCNc1cccc(Sc2ccc(F)cc2F)n1. The highest BCUT2D eigenvalue weighted by atomic mass is 32.2. The monoisotopic (exact) mass is 266 g/mol. The molecule has 0 aliphatic rings. The van der Waals surface area contributed by atoms with E-state index in [9.17, 15) is 8.78 Å². The fourth-order valence-corrected chi connectivity index (χ4v) is 2.23. The van der Waals surface area contributed by atoms with Gasteiger partial charge in [0.25, 0.3) is 0 Å². The van der Waals surface area contributed by atoms with Crippen LogP contribution in [0, 0.1) is 11.6 Å². The molecule has 2 nitrogen and oxygen atoms in total. The Morgan fingerprint density at radius 1 is 1.22 bits per heavy atom.